The number of carbonyl (C=O) groups is 1. The van der Waals surface area contributed by atoms with Crippen molar-refractivity contribution in [2.24, 2.45) is 0 Å². The maximum Gasteiger partial charge on any atom is 0.420 e. The number of benzene rings is 1. The van der Waals surface area contributed by atoms with Crippen LogP contribution in [0.4, 0.5) is 29.6 Å². The van der Waals surface area contributed by atoms with E-state index in [4.69, 9.17) is 16.3 Å². The van der Waals surface area contributed by atoms with Gasteiger partial charge in [-0.25, -0.2) is 14.8 Å². The number of carbonyl (C=O) groups excluding carboxylic acids is 1. The van der Waals surface area contributed by atoms with Gasteiger partial charge in [0.25, 0.3) is 0 Å². The van der Waals surface area contributed by atoms with Crippen LogP contribution in [0, 0.1) is 0 Å². The molecule has 2 aromatic rings. The van der Waals surface area contributed by atoms with Gasteiger partial charge in [0.15, 0.2) is 0 Å². The van der Waals surface area contributed by atoms with E-state index in [1.165, 1.54) is 0 Å². The van der Waals surface area contributed by atoms with E-state index >= 15 is 0 Å². The van der Waals surface area contributed by atoms with E-state index in [1.54, 1.807) is 11.0 Å². The number of alkyl halides is 3. The summed E-state index contributed by atoms with van der Waals surface area (Å²) in [5, 5.41) is 2.22. The molecule has 1 saturated heterocycles. The molecule has 0 spiro atoms. The second-order valence-electron chi connectivity index (χ2n) is 8.36. The number of aromatic nitrogens is 2. The van der Waals surface area contributed by atoms with Crippen molar-refractivity contribution in [1.29, 1.82) is 0 Å². The summed E-state index contributed by atoms with van der Waals surface area (Å²) in [4.78, 5) is 21.9. The van der Waals surface area contributed by atoms with Crippen LogP contribution in [-0.4, -0.2) is 26.6 Å². The van der Waals surface area contributed by atoms with Gasteiger partial charge >= 0.3 is 12.3 Å². The largest absolute Gasteiger partial charge is 0.444 e. The van der Waals surface area contributed by atoms with Crippen LogP contribution >= 0.6 is 11.6 Å². The van der Waals surface area contributed by atoms with Gasteiger partial charge in [0.2, 0.25) is 5.95 Å². The standard InChI is InChI=1S/C20H20ClF3N4O2/c1-19(2,3)30-18(29)28-14-6-7-15(28)12-8-10(4-5-11(12)14)26-17-25-9-13(16(21)27-17)20(22,23)24/h4-5,8-9,14-15H,6-7H2,1-3H3,(H,25,26,27)/t14-,15+/m1/s1. The van der Waals surface area contributed by atoms with Crippen LogP contribution in [-0.2, 0) is 10.9 Å². The Balaban J connectivity index is 1.56. The fourth-order valence-electron chi connectivity index (χ4n) is 3.98. The number of ether oxygens (including phenoxy) is 1. The van der Waals surface area contributed by atoms with Crippen LogP contribution in [0.2, 0.25) is 5.15 Å². The summed E-state index contributed by atoms with van der Waals surface area (Å²) < 4.78 is 44.0. The average molecular weight is 441 g/mol. The van der Waals surface area contributed by atoms with Gasteiger partial charge in [0.1, 0.15) is 16.3 Å². The van der Waals surface area contributed by atoms with Crippen LogP contribution in [0.15, 0.2) is 24.4 Å². The quantitative estimate of drug-likeness (QED) is 0.578. The maximum absolute atomic E-state index is 12.8. The molecule has 2 aliphatic rings. The monoisotopic (exact) mass is 440 g/mol. The smallest absolute Gasteiger partial charge is 0.420 e. The highest BCUT2D eigenvalue weighted by molar-refractivity contribution is 6.30. The Morgan fingerprint density at radius 2 is 1.87 bits per heavy atom. The van der Waals surface area contributed by atoms with Crippen LogP contribution in [0.25, 0.3) is 0 Å². The molecule has 1 aromatic heterocycles. The molecule has 10 heteroatoms. The van der Waals surface area contributed by atoms with E-state index in [-0.39, 0.29) is 24.1 Å². The third-order valence-corrected chi connectivity index (χ3v) is 5.39. The fourth-order valence-corrected chi connectivity index (χ4v) is 4.21. The number of rotatable bonds is 2. The summed E-state index contributed by atoms with van der Waals surface area (Å²) in [6, 6.07) is 5.42. The molecule has 4 rings (SSSR count). The number of hydrogen-bond donors (Lipinski definition) is 1. The molecule has 1 aromatic carbocycles. The van der Waals surface area contributed by atoms with Gasteiger partial charge in [-0.3, -0.25) is 4.90 Å². The Hall–Kier alpha value is -2.55. The van der Waals surface area contributed by atoms with E-state index in [9.17, 15) is 18.0 Å². The Morgan fingerprint density at radius 3 is 2.47 bits per heavy atom. The molecule has 30 heavy (non-hydrogen) atoms. The van der Waals surface area contributed by atoms with Gasteiger partial charge in [-0.05, 0) is 56.9 Å². The Bertz CT molecular complexity index is 1010. The highest BCUT2D eigenvalue weighted by Gasteiger charge is 2.48. The second-order valence-corrected chi connectivity index (χ2v) is 8.72. The van der Waals surface area contributed by atoms with Gasteiger partial charge in [-0.1, -0.05) is 17.7 Å². The van der Waals surface area contributed by atoms with Gasteiger partial charge in [0, 0.05) is 11.9 Å². The summed E-state index contributed by atoms with van der Waals surface area (Å²) in [6.45, 7) is 5.48. The lowest BCUT2D eigenvalue weighted by Gasteiger charge is -2.27. The minimum Gasteiger partial charge on any atom is -0.444 e. The molecule has 0 saturated carbocycles. The molecule has 0 aliphatic carbocycles. The number of amides is 1. The molecule has 1 amide bonds. The zero-order chi connectivity index (χ0) is 21.8. The molecule has 2 atom stereocenters. The molecular weight excluding hydrogens is 421 g/mol. The lowest BCUT2D eigenvalue weighted by Crippen LogP contribution is -2.34. The zero-order valence-electron chi connectivity index (χ0n) is 16.5. The number of nitrogens with one attached hydrogen (secondary N) is 1. The first-order chi connectivity index (χ1) is 13.9. The van der Waals surface area contributed by atoms with Crippen LogP contribution in [0.5, 0.6) is 0 Å². The lowest BCUT2D eigenvalue weighted by molar-refractivity contribution is -0.137. The molecule has 6 nitrogen and oxygen atoms in total. The topological polar surface area (TPSA) is 67.3 Å². The van der Waals surface area contributed by atoms with Crippen LogP contribution in [0.3, 0.4) is 0 Å². The second kappa shape index (κ2) is 7.01. The highest BCUT2D eigenvalue weighted by atomic mass is 35.5. The molecule has 160 valence electrons. The summed E-state index contributed by atoms with van der Waals surface area (Å²) in [5.41, 5.74) is 0.960. The number of fused-ring (bicyclic) bond motifs is 5. The van der Waals surface area contributed by atoms with Crippen molar-refractivity contribution in [2.45, 2.75) is 57.5 Å². The summed E-state index contributed by atoms with van der Waals surface area (Å²) in [6.07, 6.45) is -2.63. The minimum atomic E-state index is -4.62. The lowest BCUT2D eigenvalue weighted by atomic mass is 9.91. The number of nitrogens with zero attached hydrogens (tertiary/aromatic N) is 3. The Labute approximate surface area is 176 Å². The van der Waals surface area contributed by atoms with Crippen molar-refractivity contribution in [1.82, 2.24) is 14.9 Å². The Morgan fingerprint density at radius 1 is 1.20 bits per heavy atom. The molecular formula is C20H20ClF3N4O2. The first-order valence-electron chi connectivity index (χ1n) is 9.46. The van der Waals surface area contributed by atoms with Crippen molar-refractivity contribution in [2.75, 3.05) is 5.32 Å². The predicted molar refractivity (Wildman–Crippen MR) is 105 cm³/mol. The normalized spacial score (nSPS) is 20.3. The summed E-state index contributed by atoms with van der Waals surface area (Å²) in [5.74, 6) is -0.0416. The van der Waals surface area contributed by atoms with Crippen molar-refractivity contribution in [3.05, 3.63) is 46.2 Å². The van der Waals surface area contributed by atoms with Gasteiger partial charge in [0.05, 0.1) is 12.1 Å². The first kappa shape index (κ1) is 20.7. The average Bonchev–Trinajstić information content (AvgIpc) is 3.16. The van der Waals surface area contributed by atoms with E-state index in [0.717, 1.165) is 24.0 Å². The SMILES string of the molecule is CC(C)(C)OC(=O)N1[C@@H]2CC[C@H]1c1cc(Nc3ncc(C(F)(F)F)c(Cl)n3)ccc12. The van der Waals surface area contributed by atoms with Crippen LogP contribution in [0.1, 0.15) is 62.4 Å². The van der Waals surface area contributed by atoms with Gasteiger partial charge in [-0.15, -0.1) is 0 Å². The van der Waals surface area contributed by atoms with E-state index in [1.807, 2.05) is 32.9 Å². The minimum absolute atomic E-state index is 0.0364. The maximum atomic E-state index is 12.8. The molecule has 3 heterocycles. The van der Waals surface area contributed by atoms with Crippen molar-refractivity contribution >= 4 is 29.3 Å². The third-order valence-electron chi connectivity index (χ3n) is 5.10. The van der Waals surface area contributed by atoms with E-state index in [2.05, 4.69) is 15.3 Å². The molecule has 0 unspecified atom stereocenters. The number of anilines is 2. The summed E-state index contributed by atoms with van der Waals surface area (Å²) in [7, 11) is 0. The summed E-state index contributed by atoms with van der Waals surface area (Å²) >= 11 is 5.66. The first-order valence-corrected chi connectivity index (χ1v) is 9.84. The van der Waals surface area contributed by atoms with E-state index < -0.39 is 22.5 Å². The van der Waals surface area contributed by atoms with Gasteiger partial charge in [-0.2, -0.15) is 13.2 Å². The predicted octanol–water partition coefficient (Wildman–Crippen LogP) is 6.02. The Kier molecular flexibility index (Phi) is 4.84. The number of hydrogen-bond acceptors (Lipinski definition) is 5. The van der Waals surface area contributed by atoms with Crippen molar-refractivity contribution in [3.8, 4) is 0 Å². The van der Waals surface area contributed by atoms with Crippen molar-refractivity contribution < 1.29 is 22.7 Å². The number of halogens is 4. The fraction of sp³-hybridized carbons (Fsp3) is 0.450. The van der Waals surface area contributed by atoms with E-state index in [0.29, 0.717) is 11.9 Å². The zero-order valence-corrected chi connectivity index (χ0v) is 17.3. The van der Waals surface area contributed by atoms with Gasteiger partial charge < -0.3 is 10.1 Å². The molecule has 1 fully saturated rings. The molecule has 2 aliphatic heterocycles. The highest BCUT2D eigenvalue weighted by Crippen LogP contribution is 2.54. The molecule has 2 bridgehead atoms. The van der Waals surface area contributed by atoms with Crippen molar-refractivity contribution in [3.63, 3.8) is 0 Å². The third kappa shape index (κ3) is 3.78. The molecule has 0 radical (unpaired) electrons. The van der Waals surface area contributed by atoms with Crippen LogP contribution < -0.4 is 5.32 Å². The molecule has 1 N–H and O–H groups in total.